The molecule has 0 atom stereocenters. The quantitative estimate of drug-likeness (QED) is 0.566. The van der Waals surface area contributed by atoms with Crippen LogP contribution in [-0.4, -0.2) is 47.2 Å². The number of halogens is 1. The van der Waals surface area contributed by atoms with Crippen molar-refractivity contribution in [1.29, 1.82) is 0 Å². The van der Waals surface area contributed by atoms with E-state index < -0.39 is 0 Å². The maximum absolute atomic E-state index is 13.8. The molecule has 2 N–H and O–H groups in total. The highest BCUT2D eigenvalue weighted by Gasteiger charge is 2.17. The molecule has 1 aliphatic heterocycles. The van der Waals surface area contributed by atoms with Gasteiger partial charge in [0.25, 0.3) is 5.56 Å². The highest BCUT2D eigenvalue weighted by Crippen LogP contribution is 2.22. The Labute approximate surface area is 188 Å². The van der Waals surface area contributed by atoms with Gasteiger partial charge in [-0.15, -0.1) is 11.3 Å². The fourth-order valence-corrected chi connectivity index (χ4v) is 4.36. The number of amides is 1. The Hall–Kier alpha value is -3.11. The predicted octanol–water partition coefficient (Wildman–Crippen LogP) is 2.67. The topological polar surface area (TPSA) is 100 Å². The van der Waals surface area contributed by atoms with E-state index in [4.69, 9.17) is 4.74 Å². The van der Waals surface area contributed by atoms with E-state index in [1.165, 1.54) is 17.4 Å². The summed E-state index contributed by atoms with van der Waals surface area (Å²) in [5, 5.41) is 3.21. The molecule has 3 aromatic rings. The summed E-state index contributed by atoms with van der Waals surface area (Å²) in [4.78, 5) is 39.3. The van der Waals surface area contributed by atoms with Crippen molar-refractivity contribution in [1.82, 2.24) is 15.0 Å². The zero-order chi connectivity index (χ0) is 22.5. The van der Waals surface area contributed by atoms with Gasteiger partial charge in [-0.1, -0.05) is 18.2 Å². The van der Waals surface area contributed by atoms with Crippen LogP contribution in [0.25, 0.3) is 0 Å². The highest BCUT2D eigenvalue weighted by atomic mass is 32.1. The van der Waals surface area contributed by atoms with Gasteiger partial charge in [-0.3, -0.25) is 14.6 Å². The molecule has 1 aromatic carbocycles. The molecule has 32 heavy (non-hydrogen) atoms. The zero-order valence-electron chi connectivity index (χ0n) is 17.7. The standard InChI is InChI=1S/C22H24FN5O3S/c1-14-17(20(30)27-21(25-14)28-8-10-31-11-9-28)6-7-19(29)26-22-24-13-16(32-22)12-15-4-2-3-5-18(15)23/h2-5,13H,6-12H2,1H3,(H,24,26,29)(H,25,27,30). The Morgan fingerprint density at radius 2 is 2.09 bits per heavy atom. The summed E-state index contributed by atoms with van der Waals surface area (Å²) >= 11 is 1.30. The van der Waals surface area contributed by atoms with Gasteiger partial charge in [0.05, 0.1) is 13.2 Å². The van der Waals surface area contributed by atoms with Gasteiger partial charge >= 0.3 is 0 Å². The Morgan fingerprint density at radius 3 is 2.84 bits per heavy atom. The first kappa shape index (κ1) is 22.1. The second-order valence-corrected chi connectivity index (χ2v) is 8.62. The van der Waals surface area contributed by atoms with Gasteiger partial charge in [-0.25, -0.2) is 14.4 Å². The van der Waals surface area contributed by atoms with Gasteiger partial charge in [-0.05, 0) is 25.0 Å². The lowest BCUT2D eigenvalue weighted by molar-refractivity contribution is -0.116. The molecule has 0 bridgehead atoms. The van der Waals surface area contributed by atoms with E-state index in [0.717, 1.165) is 4.88 Å². The average molecular weight is 458 g/mol. The number of rotatable bonds is 7. The molecule has 0 saturated carbocycles. The van der Waals surface area contributed by atoms with Crippen LogP contribution in [0.1, 0.15) is 28.1 Å². The third-order valence-electron chi connectivity index (χ3n) is 5.24. The van der Waals surface area contributed by atoms with Crippen molar-refractivity contribution in [3.8, 4) is 0 Å². The molecule has 1 saturated heterocycles. The molecule has 1 amide bonds. The number of carbonyl (C=O) groups excluding carboxylic acids is 1. The SMILES string of the molecule is Cc1nc(N2CCOCC2)[nH]c(=O)c1CCC(=O)Nc1ncc(Cc2ccccc2F)s1. The summed E-state index contributed by atoms with van der Waals surface area (Å²) in [5.74, 6) is 0.0299. The minimum atomic E-state index is -0.264. The van der Waals surface area contributed by atoms with E-state index in [9.17, 15) is 14.0 Å². The largest absolute Gasteiger partial charge is 0.378 e. The van der Waals surface area contributed by atoms with Crippen LogP contribution in [0.2, 0.25) is 0 Å². The molecule has 4 rings (SSSR count). The summed E-state index contributed by atoms with van der Waals surface area (Å²) in [6.07, 6.45) is 2.45. The molecule has 1 fully saturated rings. The van der Waals surface area contributed by atoms with E-state index in [0.29, 0.717) is 60.6 Å². The van der Waals surface area contributed by atoms with Gasteiger partial charge in [0.1, 0.15) is 5.82 Å². The van der Waals surface area contributed by atoms with Crippen LogP contribution in [0.5, 0.6) is 0 Å². The van der Waals surface area contributed by atoms with Crippen molar-refractivity contribution in [2.24, 2.45) is 0 Å². The monoisotopic (exact) mass is 457 g/mol. The lowest BCUT2D eigenvalue weighted by atomic mass is 10.1. The molecule has 0 spiro atoms. The van der Waals surface area contributed by atoms with E-state index in [2.05, 4.69) is 20.3 Å². The fraction of sp³-hybridized carbons (Fsp3) is 0.364. The number of thiazole rings is 1. The molecule has 1 aliphatic rings. The molecular formula is C22H24FN5O3S. The first-order chi connectivity index (χ1) is 15.5. The number of aryl methyl sites for hydroxylation is 1. The maximum Gasteiger partial charge on any atom is 0.255 e. The lowest BCUT2D eigenvalue weighted by Crippen LogP contribution is -2.38. The van der Waals surface area contributed by atoms with Crippen molar-refractivity contribution < 1.29 is 13.9 Å². The third-order valence-corrected chi connectivity index (χ3v) is 6.16. The number of H-pyrrole nitrogens is 1. The van der Waals surface area contributed by atoms with Crippen molar-refractivity contribution in [2.45, 2.75) is 26.2 Å². The molecule has 168 valence electrons. The van der Waals surface area contributed by atoms with Crippen LogP contribution < -0.4 is 15.8 Å². The number of hydrogen-bond donors (Lipinski definition) is 2. The van der Waals surface area contributed by atoms with Crippen LogP contribution in [0.15, 0.2) is 35.3 Å². The van der Waals surface area contributed by atoms with E-state index in [-0.39, 0.29) is 30.1 Å². The van der Waals surface area contributed by atoms with E-state index >= 15 is 0 Å². The van der Waals surface area contributed by atoms with Gasteiger partial charge in [0, 0.05) is 48.3 Å². The smallest absolute Gasteiger partial charge is 0.255 e. The van der Waals surface area contributed by atoms with Crippen molar-refractivity contribution in [3.05, 3.63) is 68.3 Å². The number of ether oxygens (including phenoxy) is 1. The summed E-state index contributed by atoms with van der Waals surface area (Å²) in [7, 11) is 0. The number of carbonyl (C=O) groups is 1. The summed E-state index contributed by atoms with van der Waals surface area (Å²) in [5.41, 5.74) is 1.46. The molecule has 0 aliphatic carbocycles. The number of nitrogens with one attached hydrogen (secondary N) is 2. The number of anilines is 2. The van der Waals surface area contributed by atoms with Crippen molar-refractivity contribution in [2.75, 3.05) is 36.5 Å². The van der Waals surface area contributed by atoms with E-state index in [1.807, 2.05) is 4.90 Å². The van der Waals surface area contributed by atoms with E-state index in [1.54, 1.807) is 31.3 Å². The molecular weight excluding hydrogens is 433 g/mol. The Morgan fingerprint density at radius 1 is 1.31 bits per heavy atom. The summed E-state index contributed by atoms with van der Waals surface area (Å²) < 4.78 is 19.2. The summed E-state index contributed by atoms with van der Waals surface area (Å²) in [6.45, 7) is 4.34. The normalized spacial score (nSPS) is 13.9. The summed E-state index contributed by atoms with van der Waals surface area (Å²) in [6, 6.07) is 6.58. The number of aromatic amines is 1. The van der Waals surface area contributed by atoms with Crippen LogP contribution in [0.4, 0.5) is 15.5 Å². The Kier molecular flexibility index (Phi) is 6.91. The number of nitrogens with zero attached hydrogens (tertiary/aromatic N) is 3. The second kappa shape index (κ2) is 10.0. The third kappa shape index (κ3) is 5.38. The minimum absolute atomic E-state index is 0.130. The molecule has 2 aromatic heterocycles. The Balaban J connectivity index is 1.34. The van der Waals surface area contributed by atoms with Crippen molar-refractivity contribution in [3.63, 3.8) is 0 Å². The first-order valence-electron chi connectivity index (χ1n) is 10.4. The molecule has 8 nitrogen and oxygen atoms in total. The van der Waals surface area contributed by atoms with Gasteiger partial charge in [0.15, 0.2) is 5.13 Å². The van der Waals surface area contributed by atoms with Crippen LogP contribution in [-0.2, 0) is 22.4 Å². The zero-order valence-corrected chi connectivity index (χ0v) is 18.5. The first-order valence-corrected chi connectivity index (χ1v) is 11.2. The number of benzene rings is 1. The highest BCUT2D eigenvalue weighted by molar-refractivity contribution is 7.15. The molecule has 0 radical (unpaired) electrons. The predicted molar refractivity (Wildman–Crippen MR) is 121 cm³/mol. The molecule has 3 heterocycles. The average Bonchev–Trinajstić information content (AvgIpc) is 3.22. The second-order valence-electron chi connectivity index (χ2n) is 7.50. The number of aromatic nitrogens is 3. The minimum Gasteiger partial charge on any atom is -0.378 e. The maximum atomic E-state index is 13.8. The number of hydrogen-bond acceptors (Lipinski definition) is 7. The Bertz CT molecular complexity index is 1160. The van der Waals surface area contributed by atoms with Crippen molar-refractivity contribution >= 4 is 28.3 Å². The van der Waals surface area contributed by atoms with Crippen LogP contribution in [0.3, 0.4) is 0 Å². The molecule has 0 unspecified atom stereocenters. The lowest BCUT2D eigenvalue weighted by Gasteiger charge is -2.27. The number of morpholine rings is 1. The van der Waals surface area contributed by atoms with Crippen LogP contribution in [0, 0.1) is 12.7 Å². The van der Waals surface area contributed by atoms with Gasteiger partial charge in [0.2, 0.25) is 11.9 Å². The van der Waals surface area contributed by atoms with Gasteiger partial charge in [-0.2, -0.15) is 0 Å². The van der Waals surface area contributed by atoms with Gasteiger partial charge < -0.3 is 15.0 Å². The molecule has 10 heteroatoms. The van der Waals surface area contributed by atoms with Crippen LogP contribution >= 0.6 is 11.3 Å². The fourth-order valence-electron chi connectivity index (χ4n) is 3.51.